The molecule has 1 aliphatic heterocycles. The molecule has 0 atom stereocenters. The first kappa shape index (κ1) is 20.2. The van der Waals surface area contributed by atoms with Crippen molar-refractivity contribution in [1.82, 2.24) is 9.80 Å². The van der Waals surface area contributed by atoms with E-state index in [-0.39, 0.29) is 5.75 Å². The van der Waals surface area contributed by atoms with Crippen LogP contribution in [0.5, 0.6) is 5.75 Å². The third kappa shape index (κ3) is 6.28. The van der Waals surface area contributed by atoms with Gasteiger partial charge in [-0.3, -0.25) is 4.90 Å². The minimum Gasteiger partial charge on any atom is -0.435 e. The van der Waals surface area contributed by atoms with Crippen molar-refractivity contribution in [2.75, 3.05) is 38.0 Å². The molecule has 1 heterocycles. The van der Waals surface area contributed by atoms with E-state index >= 15 is 0 Å². The van der Waals surface area contributed by atoms with Crippen LogP contribution in [-0.2, 0) is 0 Å². The van der Waals surface area contributed by atoms with E-state index in [0.29, 0.717) is 5.11 Å². The largest absolute Gasteiger partial charge is 0.435 e. The Labute approximate surface area is 169 Å². The fraction of sp³-hybridized carbons (Fsp3) is 0.286. The van der Waals surface area contributed by atoms with Gasteiger partial charge in [0.2, 0.25) is 0 Å². The number of anilines is 1. The lowest BCUT2D eigenvalue weighted by Gasteiger charge is -2.35. The van der Waals surface area contributed by atoms with E-state index in [1.54, 1.807) is 12.1 Å². The molecule has 7 heteroatoms. The third-order valence-electron chi connectivity index (χ3n) is 4.46. The number of rotatable bonds is 6. The highest BCUT2D eigenvalue weighted by Crippen LogP contribution is 2.18. The second kappa shape index (κ2) is 10.1. The molecule has 0 radical (unpaired) electrons. The minimum atomic E-state index is -2.82. The number of nitrogens with zero attached hydrogens (tertiary/aromatic N) is 2. The Morgan fingerprint density at radius 3 is 2.36 bits per heavy atom. The summed E-state index contributed by atoms with van der Waals surface area (Å²) in [5.74, 6) is 0.128. The molecule has 1 aliphatic rings. The van der Waals surface area contributed by atoms with Gasteiger partial charge in [-0.25, -0.2) is 0 Å². The normalized spacial score (nSPS) is 15.2. The second-order valence-corrected chi connectivity index (χ2v) is 6.82. The van der Waals surface area contributed by atoms with E-state index in [2.05, 4.69) is 44.1 Å². The molecule has 0 unspecified atom stereocenters. The van der Waals surface area contributed by atoms with Crippen molar-refractivity contribution in [3.05, 3.63) is 66.2 Å². The van der Waals surface area contributed by atoms with Crippen molar-refractivity contribution in [2.24, 2.45) is 0 Å². The molecule has 0 aliphatic carbocycles. The first-order valence-electron chi connectivity index (χ1n) is 9.15. The standard InChI is InChI=1S/C21H23F2N3OS/c22-20(23)27-19-10-8-18(9-11-19)24-21(28)26-15-13-25(14-16-26)12-4-7-17-5-2-1-3-6-17/h1-11,20H,12-16H2,(H,24,28). The van der Waals surface area contributed by atoms with Crippen LogP contribution in [0.2, 0.25) is 0 Å². The number of ether oxygens (including phenoxy) is 1. The van der Waals surface area contributed by atoms with Crippen LogP contribution in [0.3, 0.4) is 0 Å². The van der Waals surface area contributed by atoms with Crippen LogP contribution in [0.1, 0.15) is 5.56 Å². The predicted octanol–water partition coefficient (Wildman–Crippen LogP) is 4.32. The van der Waals surface area contributed by atoms with Crippen LogP contribution < -0.4 is 10.1 Å². The van der Waals surface area contributed by atoms with Gasteiger partial charge in [-0.1, -0.05) is 42.5 Å². The molecule has 0 spiro atoms. The highest BCUT2D eigenvalue weighted by molar-refractivity contribution is 7.80. The van der Waals surface area contributed by atoms with E-state index in [9.17, 15) is 8.78 Å². The summed E-state index contributed by atoms with van der Waals surface area (Å²) in [6, 6.07) is 16.6. The molecule has 2 aromatic carbocycles. The van der Waals surface area contributed by atoms with Gasteiger partial charge in [0, 0.05) is 38.4 Å². The highest BCUT2D eigenvalue weighted by atomic mass is 32.1. The van der Waals surface area contributed by atoms with Crippen LogP contribution >= 0.6 is 12.2 Å². The van der Waals surface area contributed by atoms with Crippen LogP contribution in [0.25, 0.3) is 6.08 Å². The summed E-state index contributed by atoms with van der Waals surface area (Å²) in [7, 11) is 0. The van der Waals surface area contributed by atoms with Gasteiger partial charge in [0.05, 0.1) is 0 Å². The number of thiocarbonyl (C=S) groups is 1. The molecule has 0 saturated carbocycles. The molecule has 148 valence electrons. The lowest BCUT2D eigenvalue weighted by molar-refractivity contribution is -0.0498. The van der Waals surface area contributed by atoms with Crippen molar-refractivity contribution < 1.29 is 13.5 Å². The Morgan fingerprint density at radius 1 is 1.04 bits per heavy atom. The van der Waals surface area contributed by atoms with Crippen LogP contribution in [0.15, 0.2) is 60.7 Å². The average molecular weight is 403 g/mol. The molecule has 0 amide bonds. The zero-order chi connectivity index (χ0) is 19.8. The molecule has 1 N–H and O–H groups in total. The topological polar surface area (TPSA) is 27.7 Å². The van der Waals surface area contributed by atoms with E-state index in [1.807, 2.05) is 18.2 Å². The summed E-state index contributed by atoms with van der Waals surface area (Å²) in [6.45, 7) is 1.65. The summed E-state index contributed by atoms with van der Waals surface area (Å²) in [4.78, 5) is 4.51. The van der Waals surface area contributed by atoms with Crippen LogP contribution in [0.4, 0.5) is 14.5 Å². The van der Waals surface area contributed by atoms with Gasteiger partial charge in [0.25, 0.3) is 0 Å². The molecular weight excluding hydrogens is 380 g/mol. The summed E-state index contributed by atoms with van der Waals surface area (Å²) in [6.07, 6.45) is 4.32. The Balaban J connectivity index is 1.41. The molecule has 1 fully saturated rings. The van der Waals surface area contributed by atoms with Crippen molar-refractivity contribution in [2.45, 2.75) is 6.61 Å². The van der Waals surface area contributed by atoms with Gasteiger partial charge in [0.15, 0.2) is 5.11 Å². The number of benzene rings is 2. The maximum Gasteiger partial charge on any atom is 0.387 e. The van der Waals surface area contributed by atoms with Crippen molar-refractivity contribution in [1.29, 1.82) is 0 Å². The first-order chi connectivity index (χ1) is 13.6. The van der Waals surface area contributed by atoms with Gasteiger partial charge < -0.3 is 15.0 Å². The predicted molar refractivity (Wildman–Crippen MR) is 113 cm³/mol. The Kier molecular flexibility index (Phi) is 7.33. The quantitative estimate of drug-likeness (QED) is 0.726. The van der Waals surface area contributed by atoms with E-state index in [0.717, 1.165) is 38.4 Å². The van der Waals surface area contributed by atoms with Crippen molar-refractivity contribution >= 4 is 29.1 Å². The fourth-order valence-corrected chi connectivity index (χ4v) is 3.26. The average Bonchev–Trinajstić information content (AvgIpc) is 2.70. The first-order valence-corrected chi connectivity index (χ1v) is 9.56. The SMILES string of the molecule is FC(F)Oc1ccc(NC(=S)N2CCN(CC=Cc3ccccc3)CC2)cc1. The molecule has 4 nitrogen and oxygen atoms in total. The zero-order valence-electron chi connectivity index (χ0n) is 15.4. The number of hydrogen-bond donors (Lipinski definition) is 1. The molecule has 0 aromatic heterocycles. The smallest absolute Gasteiger partial charge is 0.387 e. The van der Waals surface area contributed by atoms with Gasteiger partial charge in [0.1, 0.15) is 5.75 Å². The summed E-state index contributed by atoms with van der Waals surface area (Å²) in [5.41, 5.74) is 1.95. The maximum absolute atomic E-state index is 12.2. The van der Waals surface area contributed by atoms with E-state index < -0.39 is 6.61 Å². The lowest BCUT2D eigenvalue weighted by Crippen LogP contribution is -2.49. The Bertz CT molecular complexity index is 776. The number of piperazine rings is 1. The number of alkyl halides is 2. The number of nitrogens with one attached hydrogen (secondary N) is 1. The van der Waals surface area contributed by atoms with Crippen molar-refractivity contribution in [3.63, 3.8) is 0 Å². The maximum atomic E-state index is 12.2. The lowest BCUT2D eigenvalue weighted by atomic mass is 10.2. The second-order valence-electron chi connectivity index (χ2n) is 6.43. The third-order valence-corrected chi connectivity index (χ3v) is 4.82. The molecule has 0 bridgehead atoms. The molecule has 28 heavy (non-hydrogen) atoms. The van der Waals surface area contributed by atoms with Gasteiger partial charge in [-0.15, -0.1) is 0 Å². The van der Waals surface area contributed by atoms with E-state index in [4.69, 9.17) is 12.2 Å². The highest BCUT2D eigenvalue weighted by Gasteiger charge is 2.18. The fourth-order valence-electron chi connectivity index (χ4n) is 2.96. The van der Waals surface area contributed by atoms with Gasteiger partial charge in [-0.2, -0.15) is 8.78 Å². The van der Waals surface area contributed by atoms with E-state index in [1.165, 1.54) is 17.7 Å². The molecular formula is C21H23F2N3OS. The molecule has 3 rings (SSSR count). The zero-order valence-corrected chi connectivity index (χ0v) is 16.2. The van der Waals surface area contributed by atoms with Crippen LogP contribution in [0, 0.1) is 0 Å². The molecule has 2 aromatic rings. The van der Waals surface area contributed by atoms with Crippen molar-refractivity contribution in [3.8, 4) is 5.75 Å². The Hall–Kier alpha value is -2.51. The van der Waals surface area contributed by atoms with Gasteiger partial charge in [-0.05, 0) is 42.0 Å². The summed E-state index contributed by atoms with van der Waals surface area (Å²) >= 11 is 5.48. The number of hydrogen-bond acceptors (Lipinski definition) is 3. The monoisotopic (exact) mass is 403 g/mol. The molecule has 1 saturated heterocycles. The minimum absolute atomic E-state index is 0.128. The van der Waals surface area contributed by atoms with Crippen LogP contribution in [-0.4, -0.2) is 54.2 Å². The Morgan fingerprint density at radius 2 is 1.71 bits per heavy atom. The number of halogens is 2. The summed E-state index contributed by atoms with van der Waals surface area (Å²) in [5, 5.41) is 3.79. The summed E-state index contributed by atoms with van der Waals surface area (Å²) < 4.78 is 28.7. The van der Waals surface area contributed by atoms with Gasteiger partial charge >= 0.3 is 6.61 Å².